The quantitative estimate of drug-likeness (QED) is 0.754. The van der Waals surface area contributed by atoms with Crippen LogP contribution < -0.4 is 15.2 Å². The van der Waals surface area contributed by atoms with Crippen LogP contribution >= 0.6 is 0 Å². The zero-order valence-electron chi connectivity index (χ0n) is 11.9. The fraction of sp³-hybridized carbons (Fsp3) is 0.600. The van der Waals surface area contributed by atoms with E-state index in [-0.39, 0.29) is 6.04 Å². The highest BCUT2D eigenvalue weighted by atomic mass is 16.5. The first kappa shape index (κ1) is 14.8. The number of hydrogen-bond acceptors (Lipinski definition) is 3. The molecular formula is C15H25NO2. The van der Waals surface area contributed by atoms with Crippen LogP contribution in [0.25, 0.3) is 0 Å². The lowest BCUT2D eigenvalue weighted by Gasteiger charge is -2.14. The van der Waals surface area contributed by atoms with Crippen molar-refractivity contribution in [3.8, 4) is 11.5 Å². The van der Waals surface area contributed by atoms with Crippen molar-refractivity contribution in [2.75, 3.05) is 13.7 Å². The summed E-state index contributed by atoms with van der Waals surface area (Å²) in [5.41, 5.74) is 6.90. The minimum Gasteiger partial charge on any atom is -0.493 e. The predicted octanol–water partition coefficient (Wildman–Crippen LogP) is 3.53. The van der Waals surface area contributed by atoms with Crippen LogP contribution in [0.4, 0.5) is 0 Å². The molecule has 18 heavy (non-hydrogen) atoms. The summed E-state index contributed by atoms with van der Waals surface area (Å²) in [4.78, 5) is 0. The lowest BCUT2D eigenvalue weighted by atomic mass is 10.1. The monoisotopic (exact) mass is 251 g/mol. The third-order valence-corrected chi connectivity index (χ3v) is 2.90. The molecule has 2 N–H and O–H groups in total. The molecular weight excluding hydrogens is 226 g/mol. The molecule has 0 aromatic heterocycles. The lowest BCUT2D eigenvalue weighted by Crippen LogP contribution is -2.06. The van der Waals surface area contributed by atoms with Gasteiger partial charge < -0.3 is 15.2 Å². The third-order valence-electron chi connectivity index (χ3n) is 2.90. The Labute approximate surface area is 110 Å². The van der Waals surface area contributed by atoms with E-state index in [1.807, 2.05) is 25.1 Å². The Balaban J connectivity index is 2.59. The van der Waals surface area contributed by atoms with Gasteiger partial charge in [0.2, 0.25) is 0 Å². The molecule has 0 aliphatic rings. The number of nitrogens with two attached hydrogens (primary N) is 1. The van der Waals surface area contributed by atoms with Crippen molar-refractivity contribution in [2.45, 2.75) is 39.7 Å². The van der Waals surface area contributed by atoms with Crippen LogP contribution in [-0.2, 0) is 0 Å². The molecule has 1 aromatic carbocycles. The first-order chi connectivity index (χ1) is 8.54. The molecule has 0 fully saturated rings. The van der Waals surface area contributed by atoms with E-state index in [9.17, 15) is 0 Å². The van der Waals surface area contributed by atoms with Crippen LogP contribution in [-0.4, -0.2) is 13.7 Å². The second kappa shape index (κ2) is 7.27. The lowest BCUT2D eigenvalue weighted by molar-refractivity contribution is 0.279. The molecule has 1 rings (SSSR count). The molecule has 0 radical (unpaired) electrons. The van der Waals surface area contributed by atoms with E-state index >= 15 is 0 Å². The zero-order valence-corrected chi connectivity index (χ0v) is 11.9. The van der Waals surface area contributed by atoms with E-state index in [0.717, 1.165) is 36.0 Å². The van der Waals surface area contributed by atoms with Gasteiger partial charge in [-0.25, -0.2) is 0 Å². The van der Waals surface area contributed by atoms with Crippen molar-refractivity contribution in [1.29, 1.82) is 0 Å². The second-order valence-electron chi connectivity index (χ2n) is 5.08. The fourth-order valence-electron chi connectivity index (χ4n) is 1.76. The molecule has 0 saturated carbocycles. The zero-order chi connectivity index (χ0) is 13.5. The Kier molecular flexibility index (Phi) is 5.99. The molecule has 102 valence electrons. The van der Waals surface area contributed by atoms with Gasteiger partial charge in [-0.1, -0.05) is 19.9 Å². The number of methoxy groups -OCH3 is 1. The molecule has 0 saturated heterocycles. The van der Waals surface area contributed by atoms with Crippen molar-refractivity contribution in [1.82, 2.24) is 0 Å². The van der Waals surface area contributed by atoms with Gasteiger partial charge in [0.1, 0.15) is 0 Å². The van der Waals surface area contributed by atoms with Gasteiger partial charge in [0.25, 0.3) is 0 Å². The molecule has 1 atom stereocenters. The Morgan fingerprint density at radius 2 is 1.89 bits per heavy atom. The van der Waals surface area contributed by atoms with Crippen LogP contribution in [0.3, 0.4) is 0 Å². The normalized spacial score (nSPS) is 12.6. The second-order valence-corrected chi connectivity index (χ2v) is 5.08. The number of benzene rings is 1. The molecule has 0 aliphatic carbocycles. The van der Waals surface area contributed by atoms with Gasteiger partial charge in [-0.2, -0.15) is 0 Å². The minimum atomic E-state index is 0.00823. The summed E-state index contributed by atoms with van der Waals surface area (Å²) in [5, 5.41) is 0. The van der Waals surface area contributed by atoms with Gasteiger partial charge in [-0.3, -0.25) is 0 Å². The summed E-state index contributed by atoms with van der Waals surface area (Å²) >= 11 is 0. The molecule has 0 aliphatic heterocycles. The molecule has 3 heteroatoms. The SMILES string of the molecule is COc1cc([C@H](C)N)ccc1OCCCC(C)C. The maximum Gasteiger partial charge on any atom is 0.161 e. The first-order valence-electron chi connectivity index (χ1n) is 6.61. The number of ether oxygens (including phenoxy) is 2. The minimum absolute atomic E-state index is 0.00823. The fourth-order valence-corrected chi connectivity index (χ4v) is 1.76. The van der Waals surface area contributed by atoms with Crippen molar-refractivity contribution in [2.24, 2.45) is 11.7 Å². The largest absolute Gasteiger partial charge is 0.493 e. The van der Waals surface area contributed by atoms with Crippen molar-refractivity contribution in [3.05, 3.63) is 23.8 Å². The van der Waals surface area contributed by atoms with E-state index < -0.39 is 0 Å². The first-order valence-corrected chi connectivity index (χ1v) is 6.61. The summed E-state index contributed by atoms with van der Waals surface area (Å²) in [6, 6.07) is 5.88. The van der Waals surface area contributed by atoms with Crippen LogP contribution in [0, 0.1) is 5.92 Å². The Morgan fingerprint density at radius 1 is 1.17 bits per heavy atom. The topological polar surface area (TPSA) is 44.5 Å². The highest BCUT2D eigenvalue weighted by molar-refractivity contribution is 5.43. The summed E-state index contributed by atoms with van der Waals surface area (Å²) in [7, 11) is 1.65. The standard InChI is InChI=1S/C15H25NO2/c1-11(2)6-5-9-18-14-8-7-13(12(3)16)10-15(14)17-4/h7-8,10-12H,5-6,9,16H2,1-4H3/t12-/m0/s1. The average molecular weight is 251 g/mol. The summed E-state index contributed by atoms with van der Waals surface area (Å²) < 4.78 is 11.1. The van der Waals surface area contributed by atoms with Gasteiger partial charge in [0, 0.05) is 6.04 Å². The Bertz CT molecular complexity index is 362. The molecule has 0 amide bonds. The molecule has 1 aromatic rings. The smallest absolute Gasteiger partial charge is 0.161 e. The van der Waals surface area contributed by atoms with E-state index in [1.54, 1.807) is 7.11 Å². The number of rotatable bonds is 7. The maximum atomic E-state index is 5.85. The van der Waals surface area contributed by atoms with Crippen molar-refractivity contribution < 1.29 is 9.47 Å². The van der Waals surface area contributed by atoms with Crippen LogP contribution in [0.15, 0.2) is 18.2 Å². The molecule has 3 nitrogen and oxygen atoms in total. The molecule has 0 heterocycles. The highest BCUT2D eigenvalue weighted by Gasteiger charge is 2.08. The van der Waals surface area contributed by atoms with Gasteiger partial charge in [0.05, 0.1) is 13.7 Å². The predicted molar refractivity (Wildman–Crippen MR) is 75.2 cm³/mol. The van der Waals surface area contributed by atoms with Crippen LogP contribution in [0.1, 0.15) is 45.2 Å². The third kappa shape index (κ3) is 4.57. The Morgan fingerprint density at radius 3 is 2.44 bits per heavy atom. The van der Waals surface area contributed by atoms with Crippen LogP contribution in [0.2, 0.25) is 0 Å². The molecule has 0 unspecified atom stereocenters. The highest BCUT2D eigenvalue weighted by Crippen LogP contribution is 2.30. The molecule has 0 spiro atoms. The Hall–Kier alpha value is -1.22. The van der Waals surface area contributed by atoms with Gasteiger partial charge in [0.15, 0.2) is 11.5 Å². The van der Waals surface area contributed by atoms with E-state index in [0.29, 0.717) is 0 Å². The summed E-state index contributed by atoms with van der Waals surface area (Å²) in [6.07, 6.45) is 2.25. The molecule has 0 bridgehead atoms. The van der Waals surface area contributed by atoms with Crippen molar-refractivity contribution in [3.63, 3.8) is 0 Å². The van der Waals surface area contributed by atoms with E-state index in [1.165, 1.54) is 6.42 Å². The summed E-state index contributed by atoms with van der Waals surface area (Å²) in [5.74, 6) is 2.27. The van der Waals surface area contributed by atoms with Gasteiger partial charge in [-0.05, 0) is 43.4 Å². The van der Waals surface area contributed by atoms with E-state index in [4.69, 9.17) is 15.2 Å². The van der Waals surface area contributed by atoms with Crippen molar-refractivity contribution >= 4 is 0 Å². The van der Waals surface area contributed by atoms with Gasteiger partial charge in [-0.15, -0.1) is 0 Å². The van der Waals surface area contributed by atoms with Crippen LogP contribution in [0.5, 0.6) is 11.5 Å². The van der Waals surface area contributed by atoms with E-state index in [2.05, 4.69) is 13.8 Å². The maximum absolute atomic E-state index is 5.85. The van der Waals surface area contributed by atoms with Gasteiger partial charge >= 0.3 is 0 Å². The summed E-state index contributed by atoms with van der Waals surface area (Å²) in [6.45, 7) is 7.13. The average Bonchev–Trinajstić information content (AvgIpc) is 2.34. The number of hydrogen-bond donors (Lipinski definition) is 1.